The Morgan fingerprint density at radius 1 is 0.731 bits per heavy atom. The Labute approximate surface area is 161 Å². The van der Waals surface area contributed by atoms with Gasteiger partial charge in [0.2, 0.25) is 0 Å². The van der Waals surface area contributed by atoms with Crippen molar-refractivity contribution in [3.05, 3.63) is 53.6 Å². The van der Waals surface area contributed by atoms with Crippen LogP contribution in [-0.4, -0.2) is 9.55 Å². The minimum absolute atomic E-state index is 1.09. The summed E-state index contributed by atoms with van der Waals surface area (Å²) in [7, 11) is 0. The third kappa shape index (κ3) is 7.76. The van der Waals surface area contributed by atoms with Gasteiger partial charge in [-0.1, -0.05) is 82.7 Å². The van der Waals surface area contributed by atoms with Crippen LogP contribution in [0.4, 0.5) is 0 Å². The molecule has 0 atom stereocenters. The van der Waals surface area contributed by atoms with Crippen LogP contribution < -0.4 is 0 Å². The zero-order chi connectivity index (χ0) is 18.5. The summed E-state index contributed by atoms with van der Waals surface area (Å²) in [6, 6.07) is 10.8. The van der Waals surface area contributed by atoms with Gasteiger partial charge in [-0.05, 0) is 37.7 Å². The van der Waals surface area contributed by atoms with Gasteiger partial charge in [0.25, 0.3) is 0 Å². The molecule has 2 nitrogen and oxygen atoms in total. The van der Waals surface area contributed by atoms with Gasteiger partial charge in [-0.15, -0.1) is 0 Å². The lowest BCUT2D eigenvalue weighted by atomic mass is 10.1. The monoisotopic (exact) mass is 354 g/mol. The fourth-order valence-electron chi connectivity index (χ4n) is 3.54. The Balaban J connectivity index is 1.81. The van der Waals surface area contributed by atoms with Crippen LogP contribution in [0.1, 0.15) is 88.7 Å². The molecule has 0 amide bonds. The highest BCUT2D eigenvalue weighted by Gasteiger charge is 2.08. The second-order valence-corrected chi connectivity index (χ2v) is 7.55. The van der Waals surface area contributed by atoms with Gasteiger partial charge in [0.05, 0.1) is 5.69 Å². The number of unbranched alkanes of at least 4 members (excludes halogenated alkanes) is 6. The summed E-state index contributed by atoms with van der Waals surface area (Å²) in [4.78, 5) is 4.97. The summed E-state index contributed by atoms with van der Waals surface area (Å²) in [6.45, 7) is 5.70. The maximum Gasteiger partial charge on any atom is 0.108 e. The molecule has 0 unspecified atom stereocenters. The van der Waals surface area contributed by atoms with Crippen LogP contribution in [0.25, 0.3) is 0 Å². The van der Waals surface area contributed by atoms with Crippen molar-refractivity contribution < 1.29 is 0 Å². The molecule has 0 saturated carbocycles. The predicted molar refractivity (Wildman–Crippen MR) is 113 cm³/mol. The first-order valence-corrected chi connectivity index (χ1v) is 10.9. The first-order valence-electron chi connectivity index (χ1n) is 10.9. The zero-order valence-electron chi connectivity index (χ0n) is 17.1. The number of hydrogen-bond acceptors (Lipinski definition) is 1. The van der Waals surface area contributed by atoms with E-state index in [9.17, 15) is 0 Å². The average molecular weight is 355 g/mol. The Bertz CT molecular complexity index is 586. The van der Waals surface area contributed by atoms with Gasteiger partial charge in [0, 0.05) is 19.2 Å². The molecule has 0 aliphatic heterocycles. The summed E-state index contributed by atoms with van der Waals surface area (Å²) >= 11 is 0. The molecule has 26 heavy (non-hydrogen) atoms. The van der Waals surface area contributed by atoms with E-state index in [1.807, 2.05) is 0 Å². The lowest BCUT2D eigenvalue weighted by molar-refractivity contribution is 0.542. The fourth-order valence-corrected chi connectivity index (χ4v) is 3.54. The molecule has 2 rings (SSSR count). The highest BCUT2D eigenvalue weighted by molar-refractivity contribution is 5.15. The van der Waals surface area contributed by atoms with Gasteiger partial charge >= 0.3 is 0 Å². The van der Waals surface area contributed by atoms with Crippen molar-refractivity contribution >= 4 is 0 Å². The van der Waals surface area contributed by atoms with E-state index in [2.05, 4.69) is 54.9 Å². The van der Waals surface area contributed by atoms with Crippen LogP contribution in [-0.2, 0) is 25.8 Å². The number of rotatable bonds is 14. The van der Waals surface area contributed by atoms with E-state index in [1.165, 1.54) is 74.9 Å². The van der Waals surface area contributed by atoms with Crippen molar-refractivity contribution in [1.29, 1.82) is 0 Å². The molecule has 0 aliphatic carbocycles. The SMILES string of the molecule is CCCCCCCCn1cc(CCCc2ccccc2)nc1CCCC. The van der Waals surface area contributed by atoms with Crippen LogP contribution in [0.5, 0.6) is 0 Å². The van der Waals surface area contributed by atoms with Crippen molar-refractivity contribution in [3.8, 4) is 0 Å². The van der Waals surface area contributed by atoms with Crippen molar-refractivity contribution in [2.24, 2.45) is 0 Å². The number of aromatic nitrogens is 2. The number of hydrogen-bond donors (Lipinski definition) is 0. The molecular formula is C24H38N2. The van der Waals surface area contributed by atoms with Crippen molar-refractivity contribution in [1.82, 2.24) is 9.55 Å². The van der Waals surface area contributed by atoms with Crippen LogP contribution >= 0.6 is 0 Å². The number of aryl methyl sites for hydroxylation is 4. The van der Waals surface area contributed by atoms with Gasteiger partial charge in [0.15, 0.2) is 0 Å². The normalized spacial score (nSPS) is 11.2. The summed E-state index contributed by atoms with van der Waals surface area (Å²) in [6.07, 6.45) is 17.5. The molecular weight excluding hydrogens is 316 g/mol. The summed E-state index contributed by atoms with van der Waals surface area (Å²) < 4.78 is 2.45. The highest BCUT2D eigenvalue weighted by atomic mass is 15.1. The van der Waals surface area contributed by atoms with Crippen LogP contribution in [0.15, 0.2) is 36.5 Å². The quantitative estimate of drug-likeness (QED) is 0.343. The molecule has 1 aromatic heterocycles. The first kappa shape index (κ1) is 20.7. The van der Waals surface area contributed by atoms with E-state index in [-0.39, 0.29) is 0 Å². The maximum atomic E-state index is 4.97. The molecule has 0 bridgehead atoms. The van der Waals surface area contributed by atoms with Gasteiger partial charge in [-0.2, -0.15) is 0 Å². The molecule has 0 saturated heterocycles. The second kappa shape index (κ2) is 12.7. The lowest BCUT2D eigenvalue weighted by Crippen LogP contribution is -2.03. The van der Waals surface area contributed by atoms with Crippen LogP contribution in [0.3, 0.4) is 0 Å². The number of benzene rings is 1. The topological polar surface area (TPSA) is 17.8 Å². The third-order valence-electron chi connectivity index (χ3n) is 5.16. The fraction of sp³-hybridized carbons (Fsp3) is 0.625. The van der Waals surface area contributed by atoms with Crippen LogP contribution in [0.2, 0.25) is 0 Å². The first-order chi connectivity index (χ1) is 12.8. The minimum atomic E-state index is 1.09. The summed E-state index contributed by atoms with van der Waals surface area (Å²) in [5.41, 5.74) is 2.73. The predicted octanol–water partition coefficient (Wildman–Crippen LogP) is 6.76. The smallest absolute Gasteiger partial charge is 0.108 e. The average Bonchev–Trinajstić information content (AvgIpc) is 3.05. The number of imidazole rings is 1. The van der Waals surface area contributed by atoms with Gasteiger partial charge in [-0.25, -0.2) is 4.98 Å². The van der Waals surface area contributed by atoms with Crippen molar-refractivity contribution in [2.75, 3.05) is 0 Å². The molecule has 0 radical (unpaired) electrons. The Morgan fingerprint density at radius 3 is 2.23 bits per heavy atom. The standard InChI is InChI=1S/C24H38N2/c1-3-5-7-8-9-13-20-26-21-23(25-24(26)19-6-4-2)18-14-17-22-15-11-10-12-16-22/h10-12,15-16,21H,3-9,13-14,17-20H2,1-2H3. The van der Waals surface area contributed by atoms with Gasteiger partial charge < -0.3 is 4.57 Å². The second-order valence-electron chi connectivity index (χ2n) is 7.55. The Hall–Kier alpha value is -1.57. The van der Waals surface area contributed by atoms with Crippen LogP contribution in [0, 0.1) is 0 Å². The van der Waals surface area contributed by atoms with E-state index in [0.717, 1.165) is 25.8 Å². The van der Waals surface area contributed by atoms with E-state index in [1.54, 1.807) is 0 Å². The molecule has 2 aromatic rings. The third-order valence-corrected chi connectivity index (χ3v) is 5.16. The van der Waals surface area contributed by atoms with Crippen molar-refractivity contribution in [3.63, 3.8) is 0 Å². The molecule has 1 heterocycles. The molecule has 0 aliphatic rings. The van der Waals surface area contributed by atoms with E-state index >= 15 is 0 Å². The number of nitrogens with zero attached hydrogens (tertiary/aromatic N) is 2. The highest BCUT2D eigenvalue weighted by Crippen LogP contribution is 2.13. The molecule has 1 aromatic carbocycles. The molecule has 0 spiro atoms. The molecule has 0 N–H and O–H groups in total. The molecule has 144 valence electrons. The summed E-state index contributed by atoms with van der Waals surface area (Å²) in [5, 5.41) is 0. The Kier molecular flexibility index (Phi) is 10.2. The van der Waals surface area contributed by atoms with Gasteiger partial charge in [0.1, 0.15) is 5.82 Å². The maximum absolute atomic E-state index is 4.97. The molecule has 0 fully saturated rings. The zero-order valence-corrected chi connectivity index (χ0v) is 17.1. The van der Waals surface area contributed by atoms with E-state index in [0.29, 0.717) is 0 Å². The van der Waals surface area contributed by atoms with E-state index < -0.39 is 0 Å². The van der Waals surface area contributed by atoms with E-state index in [4.69, 9.17) is 4.98 Å². The van der Waals surface area contributed by atoms with Gasteiger partial charge in [-0.3, -0.25) is 0 Å². The summed E-state index contributed by atoms with van der Waals surface area (Å²) in [5.74, 6) is 1.31. The van der Waals surface area contributed by atoms with Crippen molar-refractivity contribution in [2.45, 2.75) is 97.4 Å². The molecule has 2 heteroatoms. The minimum Gasteiger partial charge on any atom is -0.335 e. The Morgan fingerprint density at radius 2 is 1.46 bits per heavy atom. The largest absolute Gasteiger partial charge is 0.335 e. The lowest BCUT2D eigenvalue weighted by Gasteiger charge is -2.07.